The molecule has 0 bridgehead atoms. The van der Waals surface area contributed by atoms with Crippen LogP contribution >= 0.6 is 11.3 Å². The highest BCUT2D eigenvalue weighted by Crippen LogP contribution is 2.43. The van der Waals surface area contributed by atoms with Crippen molar-refractivity contribution in [2.75, 3.05) is 0 Å². The van der Waals surface area contributed by atoms with E-state index in [0.717, 1.165) is 49.8 Å². The summed E-state index contributed by atoms with van der Waals surface area (Å²) in [5.74, 6) is 1.83. The Morgan fingerprint density at radius 1 is 0.321 bits per heavy atom. The molecule has 0 aliphatic rings. The lowest BCUT2D eigenvalue weighted by molar-refractivity contribution is 0.669. The van der Waals surface area contributed by atoms with Crippen molar-refractivity contribution >= 4 is 53.4 Å². The van der Waals surface area contributed by atoms with Crippen LogP contribution in [0, 0.1) is 0 Å². The van der Waals surface area contributed by atoms with Gasteiger partial charge < -0.3 is 4.42 Å². The third-order valence-corrected chi connectivity index (χ3v) is 11.8. The third kappa shape index (κ3) is 5.65. The van der Waals surface area contributed by atoms with E-state index in [9.17, 15) is 0 Å². The predicted molar refractivity (Wildman–Crippen MR) is 233 cm³/mol. The van der Waals surface area contributed by atoms with Gasteiger partial charge in [-0.2, -0.15) is 0 Å². The van der Waals surface area contributed by atoms with Crippen LogP contribution in [0.2, 0.25) is 0 Å². The molecule has 0 amide bonds. The monoisotopic (exact) mass is 733 g/mol. The molecular weight excluding hydrogens is 703 g/mol. The first kappa shape index (κ1) is 32.2. The number of furan rings is 1. The van der Waals surface area contributed by atoms with Crippen LogP contribution in [0.15, 0.2) is 192 Å². The smallest absolute Gasteiger partial charge is 0.164 e. The maximum Gasteiger partial charge on any atom is 0.164 e. The van der Waals surface area contributed by atoms with E-state index in [0.29, 0.717) is 17.5 Å². The Kier molecular flexibility index (Phi) is 7.64. The quantitative estimate of drug-likeness (QED) is 0.171. The third-order valence-electron chi connectivity index (χ3n) is 10.5. The van der Waals surface area contributed by atoms with Gasteiger partial charge in [0.2, 0.25) is 0 Å². The molecule has 262 valence electrons. The van der Waals surface area contributed by atoms with Gasteiger partial charge in [-0.15, -0.1) is 11.3 Å². The molecule has 0 spiro atoms. The molecule has 56 heavy (non-hydrogen) atoms. The highest BCUT2D eigenvalue weighted by Gasteiger charge is 2.17. The minimum absolute atomic E-state index is 0.591. The Bertz CT molecular complexity index is 3230. The average molecular weight is 734 g/mol. The molecule has 5 heteroatoms. The zero-order valence-electron chi connectivity index (χ0n) is 30.1. The lowest BCUT2D eigenvalue weighted by Gasteiger charge is -2.09. The van der Waals surface area contributed by atoms with Gasteiger partial charge in [0.1, 0.15) is 11.2 Å². The average Bonchev–Trinajstić information content (AvgIpc) is 3.84. The van der Waals surface area contributed by atoms with Gasteiger partial charge in [-0.3, -0.25) is 0 Å². The SMILES string of the molecule is c1ccc(-c2ccc(-c3nc(-c4ccccc4)nc(-c4ccc5c(c4)oc4ccc(-c6cc(-c7ccccc7)c7sc8ccccc8c7c6)cc45)n3)cc2)cc1. The first-order chi connectivity index (χ1) is 27.7. The fourth-order valence-corrected chi connectivity index (χ4v) is 8.93. The molecule has 0 radical (unpaired) electrons. The van der Waals surface area contributed by atoms with Crippen LogP contribution in [0.1, 0.15) is 0 Å². The predicted octanol–water partition coefficient (Wildman–Crippen LogP) is 14.1. The Balaban J connectivity index is 1.01. The normalized spacial score (nSPS) is 11.6. The standard InChI is InChI=1S/C51H31N3OS/c1-4-12-32(13-5-1)33-20-22-36(23-21-33)50-52-49(35-16-8-3-9-17-35)53-51(54-50)38-24-26-40-43-28-37(25-27-45(43)55-46(40)31-38)39-29-42(34-14-6-2-7-15-34)48-44(30-39)41-18-10-11-19-47(41)56-48/h1-31H. The molecule has 0 aliphatic heterocycles. The Morgan fingerprint density at radius 3 is 1.59 bits per heavy atom. The van der Waals surface area contributed by atoms with E-state index in [1.54, 1.807) is 0 Å². The highest BCUT2D eigenvalue weighted by molar-refractivity contribution is 7.26. The molecule has 3 heterocycles. The largest absolute Gasteiger partial charge is 0.456 e. The number of rotatable bonds is 6. The number of fused-ring (bicyclic) bond motifs is 6. The summed E-state index contributed by atoms with van der Waals surface area (Å²) >= 11 is 1.86. The molecule has 0 saturated heterocycles. The van der Waals surface area contributed by atoms with Crippen molar-refractivity contribution in [3.8, 4) is 67.5 Å². The molecule has 0 unspecified atom stereocenters. The molecule has 0 aliphatic carbocycles. The van der Waals surface area contributed by atoms with Crippen molar-refractivity contribution in [2.45, 2.75) is 0 Å². The fraction of sp³-hybridized carbons (Fsp3) is 0. The molecule has 11 rings (SSSR count). The lowest BCUT2D eigenvalue weighted by atomic mass is 9.95. The summed E-state index contributed by atoms with van der Waals surface area (Å²) in [5.41, 5.74) is 11.4. The van der Waals surface area contributed by atoms with Gasteiger partial charge in [-0.05, 0) is 70.3 Å². The van der Waals surface area contributed by atoms with E-state index in [1.165, 1.54) is 42.4 Å². The van der Waals surface area contributed by atoms with Crippen LogP contribution in [0.4, 0.5) is 0 Å². The summed E-state index contributed by atoms with van der Waals surface area (Å²) in [6, 6.07) is 65.7. The van der Waals surface area contributed by atoms with Crippen LogP contribution in [-0.2, 0) is 0 Å². The summed E-state index contributed by atoms with van der Waals surface area (Å²) in [7, 11) is 0. The first-order valence-electron chi connectivity index (χ1n) is 18.7. The Labute approximate surface area is 327 Å². The van der Waals surface area contributed by atoms with E-state index in [4.69, 9.17) is 19.4 Å². The van der Waals surface area contributed by atoms with Crippen molar-refractivity contribution in [3.63, 3.8) is 0 Å². The van der Waals surface area contributed by atoms with Crippen LogP contribution in [0.5, 0.6) is 0 Å². The molecule has 0 saturated carbocycles. The van der Waals surface area contributed by atoms with E-state index in [-0.39, 0.29) is 0 Å². The molecule has 0 fully saturated rings. The van der Waals surface area contributed by atoms with Crippen LogP contribution < -0.4 is 0 Å². The molecular formula is C51H31N3OS. The molecule has 0 N–H and O–H groups in total. The van der Waals surface area contributed by atoms with E-state index >= 15 is 0 Å². The van der Waals surface area contributed by atoms with Gasteiger partial charge in [0.05, 0.1) is 0 Å². The minimum Gasteiger partial charge on any atom is -0.456 e. The second kappa shape index (κ2) is 13.3. The second-order valence-electron chi connectivity index (χ2n) is 14.0. The maximum atomic E-state index is 6.53. The topological polar surface area (TPSA) is 51.8 Å². The van der Waals surface area contributed by atoms with E-state index in [2.05, 4.69) is 152 Å². The van der Waals surface area contributed by atoms with Crippen molar-refractivity contribution in [2.24, 2.45) is 0 Å². The summed E-state index contributed by atoms with van der Waals surface area (Å²) < 4.78 is 9.14. The van der Waals surface area contributed by atoms with Gasteiger partial charge in [0.25, 0.3) is 0 Å². The van der Waals surface area contributed by atoms with Crippen LogP contribution in [0.25, 0.3) is 110 Å². The van der Waals surface area contributed by atoms with Crippen molar-refractivity contribution in [3.05, 3.63) is 188 Å². The maximum absolute atomic E-state index is 6.53. The summed E-state index contributed by atoms with van der Waals surface area (Å²) in [6.07, 6.45) is 0. The fourth-order valence-electron chi connectivity index (χ4n) is 7.71. The second-order valence-corrected chi connectivity index (χ2v) is 15.1. The van der Waals surface area contributed by atoms with Gasteiger partial charge >= 0.3 is 0 Å². The van der Waals surface area contributed by atoms with E-state index < -0.39 is 0 Å². The van der Waals surface area contributed by atoms with Crippen molar-refractivity contribution in [1.82, 2.24) is 15.0 Å². The summed E-state index contributed by atoms with van der Waals surface area (Å²) in [4.78, 5) is 15.0. The molecule has 0 atom stereocenters. The van der Waals surface area contributed by atoms with E-state index in [1.807, 2.05) is 47.7 Å². The Morgan fingerprint density at radius 2 is 0.857 bits per heavy atom. The number of benzene rings is 8. The van der Waals surface area contributed by atoms with Gasteiger partial charge in [0.15, 0.2) is 17.5 Å². The summed E-state index contributed by atoms with van der Waals surface area (Å²) in [5, 5.41) is 4.68. The Hall–Kier alpha value is -7.21. The van der Waals surface area contributed by atoms with Crippen molar-refractivity contribution in [1.29, 1.82) is 0 Å². The number of thiophene rings is 1. The van der Waals surface area contributed by atoms with Gasteiger partial charge in [-0.25, -0.2) is 15.0 Å². The number of aromatic nitrogens is 3. The highest BCUT2D eigenvalue weighted by atomic mass is 32.1. The number of nitrogens with zero attached hydrogens (tertiary/aromatic N) is 3. The zero-order chi connectivity index (χ0) is 37.0. The summed E-state index contributed by atoms with van der Waals surface area (Å²) in [6.45, 7) is 0. The minimum atomic E-state index is 0.591. The first-order valence-corrected chi connectivity index (χ1v) is 19.5. The zero-order valence-corrected chi connectivity index (χ0v) is 30.9. The molecule has 11 aromatic rings. The lowest BCUT2D eigenvalue weighted by Crippen LogP contribution is -2.00. The molecule has 8 aromatic carbocycles. The molecule has 3 aromatic heterocycles. The van der Waals surface area contributed by atoms with Gasteiger partial charge in [0, 0.05) is 53.2 Å². The van der Waals surface area contributed by atoms with Gasteiger partial charge in [-0.1, -0.05) is 146 Å². The number of hydrogen-bond donors (Lipinski definition) is 0. The van der Waals surface area contributed by atoms with Crippen molar-refractivity contribution < 1.29 is 4.42 Å². The van der Waals surface area contributed by atoms with Crippen LogP contribution in [-0.4, -0.2) is 15.0 Å². The van der Waals surface area contributed by atoms with Crippen LogP contribution in [0.3, 0.4) is 0 Å². The molecule has 4 nitrogen and oxygen atoms in total. The number of hydrogen-bond acceptors (Lipinski definition) is 5.